The van der Waals surface area contributed by atoms with Crippen LogP contribution in [-0.2, 0) is 4.79 Å². The molecule has 98 valence electrons. The summed E-state index contributed by atoms with van der Waals surface area (Å²) in [6.45, 7) is 1.35. The van der Waals surface area contributed by atoms with E-state index in [-0.39, 0.29) is 5.69 Å². The number of nitrogens with zero attached hydrogens (tertiary/aromatic N) is 1. The zero-order chi connectivity index (χ0) is 14.0. The van der Waals surface area contributed by atoms with Gasteiger partial charge in [0.05, 0.1) is 5.52 Å². The van der Waals surface area contributed by atoms with E-state index >= 15 is 0 Å². The molecule has 0 radical (unpaired) electrons. The number of carboxylic acid groups (broad SMARTS) is 1. The molecule has 0 fully saturated rings. The van der Waals surface area contributed by atoms with Crippen LogP contribution in [0.25, 0.3) is 10.9 Å². The smallest absolute Gasteiger partial charge is 0.325 e. The van der Waals surface area contributed by atoms with Gasteiger partial charge in [-0.25, -0.2) is 9.37 Å². The normalized spacial score (nSPS) is 12.1. The van der Waals surface area contributed by atoms with Crippen LogP contribution in [0.3, 0.4) is 0 Å². The zero-order valence-corrected chi connectivity index (χ0v) is 10.1. The molecule has 2 aromatic rings. The number of carboxylic acids is 1. The molecular formula is C13H11FN2O3. The third kappa shape index (κ3) is 2.85. The molecule has 0 spiro atoms. The molecule has 6 heteroatoms. The molecule has 19 heavy (non-hydrogen) atoms. The average molecular weight is 262 g/mol. The van der Waals surface area contributed by atoms with Crippen LogP contribution in [0.15, 0.2) is 30.3 Å². The Bertz CT molecular complexity index is 657. The minimum atomic E-state index is -1.14. The van der Waals surface area contributed by atoms with Crippen LogP contribution >= 0.6 is 0 Å². The highest BCUT2D eigenvalue weighted by Crippen LogP contribution is 2.14. The summed E-state index contributed by atoms with van der Waals surface area (Å²) < 4.78 is 13.1. The van der Waals surface area contributed by atoms with Crippen LogP contribution < -0.4 is 5.32 Å². The molecule has 0 saturated carbocycles. The minimum Gasteiger partial charge on any atom is -0.480 e. The van der Waals surface area contributed by atoms with Crippen LogP contribution in [0.1, 0.15) is 17.4 Å². The molecule has 1 unspecified atom stereocenters. The molecule has 2 rings (SSSR count). The topological polar surface area (TPSA) is 79.3 Å². The summed E-state index contributed by atoms with van der Waals surface area (Å²) in [5, 5.41) is 11.7. The number of aliphatic carboxylic acids is 1. The van der Waals surface area contributed by atoms with Gasteiger partial charge >= 0.3 is 5.97 Å². The summed E-state index contributed by atoms with van der Waals surface area (Å²) in [5.41, 5.74) is 0.391. The number of halogens is 1. The molecular weight excluding hydrogens is 251 g/mol. The predicted molar refractivity (Wildman–Crippen MR) is 66.3 cm³/mol. The van der Waals surface area contributed by atoms with Crippen molar-refractivity contribution in [3.05, 3.63) is 41.8 Å². The predicted octanol–water partition coefficient (Wildman–Crippen LogP) is 1.58. The zero-order valence-electron chi connectivity index (χ0n) is 10.1. The molecule has 1 aromatic carbocycles. The Morgan fingerprint density at radius 3 is 2.68 bits per heavy atom. The Hall–Kier alpha value is -2.50. The van der Waals surface area contributed by atoms with E-state index in [0.29, 0.717) is 10.9 Å². The van der Waals surface area contributed by atoms with Gasteiger partial charge in [-0.3, -0.25) is 9.59 Å². The van der Waals surface area contributed by atoms with E-state index in [1.54, 1.807) is 12.1 Å². The number of nitrogens with one attached hydrogen (secondary N) is 1. The van der Waals surface area contributed by atoms with E-state index in [1.165, 1.54) is 25.1 Å². The molecule has 1 heterocycles. The van der Waals surface area contributed by atoms with Crippen LogP contribution in [0.2, 0.25) is 0 Å². The van der Waals surface area contributed by atoms with Crippen LogP contribution in [-0.4, -0.2) is 28.0 Å². The number of pyridine rings is 1. The molecule has 0 saturated heterocycles. The first-order valence-corrected chi connectivity index (χ1v) is 5.57. The molecule has 1 amide bonds. The molecule has 2 N–H and O–H groups in total. The van der Waals surface area contributed by atoms with Crippen molar-refractivity contribution in [2.24, 2.45) is 0 Å². The third-order valence-electron chi connectivity index (χ3n) is 2.60. The number of aromatic nitrogens is 1. The Balaban J connectivity index is 2.30. The largest absolute Gasteiger partial charge is 0.480 e. The molecule has 0 bridgehead atoms. The Kier molecular flexibility index (Phi) is 3.41. The molecule has 0 aliphatic heterocycles. The second-order valence-electron chi connectivity index (χ2n) is 4.07. The van der Waals surface area contributed by atoms with Crippen LogP contribution in [0, 0.1) is 5.82 Å². The van der Waals surface area contributed by atoms with Gasteiger partial charge in [0, 0.05) is 11.5 Å². The van der Waals surface area contributed by atoms with Crippen LogP contribution in [0.5, 0.6) is 0 Å². The van der Waals surface area contributed by atoms with Crippen molar-refractivity contribution < 1.29 is 19.1 Å². The second-order valence-corrected chi connectivity index (χ2v) is 4.07. The van der Waals surface area contributed by atoms with Gasteiger partial charge in [-0.15, -0.1) is 0 Å². The first-order valence-electron chi connectivity index (χ1n) is 5.57. The number of fused-ring (bicyclic) bond motifs is 1. The fraction of sp³-hybridized carbons (Fsp3) is 0.154. The highest BCUT2D eigenvalue weighted by molar-refractivity contribution is 5.96. The number of hydrogen-bond acceptors (Lipinski definition) is 3. The first-order chi connectivity index (χ1) is 8.97. The fourth-order valence-corrected chi connectivity index (χ4v) is 1.55. The lowest BCUT2D eigenvalue weighted by Crippen LogP contribution is -2.38. The summed E-state index contributed by atoms with van der Waals surface area (Å²) in [5.74, 6) is -2.20. The van der Waals surface area contributed by atoms with Crippen molar-refractivity contribution in [1.29, 1.82) is 0 Å². The summed E-state index contributed by atoms with van der Waals surface area (Å²) in [6.07, 6.45) is 0. The SMILES string of the molecule is CC(NC(=O)c1ccc2ccc(F)cc2n1)C(=O)O. The molecule has 5 nitrogen and oxygen atoms in total. The van der Waals surface area contributed by atoms with Gasteiger partial charge in [0.25, 0.3) is 5.91 Å². The third-order valence-corrected chi connectivity index (χ3v) is 2.60. The maximum absolute atomic E-state index is 13.1. The van der Waals surface area contributed by atoms with Gasteiger partial charge in [-0.05, 0) is 25.1 Å². The van der Waals surface area contributed by atoms with E-state index in [0.717, 1.165) is 0 Å². The Morgan fingerprint density at radius 2 is 2.00 bits per heavy atom. The van der Waals surface area contributed by atoms with Gasteiger partial charge in [-0.1, -0.05) is 6.07 Å². The van der Waals surface area contributed by atoms with Crippen LogP contribution in [0.4, 0.5) is 4.39 Å². The number of rotatable bonds is 3. The van der Waals surface area contributed by atoms with Crippen molar-refractivity contribution in [3.8, 4) is 0 Å². The van der Waals surface area contributed by atoms with Crippen molar-refractivity contribution in [1.82, 2.24) is 10.3 Å². The van der Waals surface area contributed by atoms with E-state index in [1.807, 2.05) is 0 Å². The fourth-order valence-electron chi connectivity index (χ4n) is 1.55. The lowest BCUT2D eigenvalue weighted by atomic mass is 10.2. The van der Waals surface area contributed by atoms with Gasteiger partial charge in [0.15, 0.2) is 0 Å². The second kappa shape index (κ2) is 5.01. The summed E-state index contributed by atoms with van der Waals surface area (Å²) >= 11 is 0. The van der Waals surface area contributed by atoms with E-state index in [9.17, 15) is 14.0 Å². The maximum Gasteiger partial charge on any atom is 0.325 e. The number of benzene rings is 1. The lowest BCUT2D eigenvalue weighted by molar-refractivity contribution is -0.138. The highest BCUT2D eigenvalue weighted by Gasteiger charge is 2.16. The Labute approximate surface area is 108 Å². The first kappa shape index (κ1) is 12.9. The van der Waals surface area contributed by atoms with Crippen molar-refractivity contribution in [3.63, 3.8) is 0 Å². The van der Waals surface area contributed by atoms with Gasteiger partial charge in [-0.2, -0.15) is 0 Å². The monoisotopic (exact) mass is 262 g/mol. The van der Waals surface area contributed by atoms with E-state index in [4.69, 9.17) is 5.11 Å². The number of hydrogen-bond donors (Lipinski definition) is 2. The van der Waals surface area contributed by atoms with Crippen molar-refractivity contribution in [2.45, 2.75) is 13.0 Å². The number of carbonyl (C=O) groups is 2. The summed E-state index contributed by atoms with van der Waals surface area (Å²) in [7, 11) is 0. The number of carbonyl (C=O) groups excluding carboxylic acids is 1. The number of amides is 1. The standard InChI is InChI=1S/C13H11FN2O3/c1-7(13(18)19)15-12(17)10-5-3-8-2-4-9(14)6-11(8)16-10/h2-7H,1H3,(H,15,17)(H,18,19). The van der Waals surface area contributed by atoms with Gasteiger partial charge < -0.3 is 10.4 Å². The summed E-state index contributed by atoms with van der Waals surface area (Å²) in [4.78, 5) is 26.4. The summed E-state index contributed by atoms with van der Waals surface area (Å²) in [6, 6.07) is 6.14. The quantitative estimate of drug-likeness (QED) is 0.880. The molecule has 0 aliphatic rings. The molecule has 0 aliphatic carbocycles. The van der Waals surface area contributed by atoms with Crippen molar-refractivity contribution in [2.75, 3.05) is 0 Å². The lowest BCUT2D eigenvalue weighted by Gasteiger charge is -2.09. The van der Waals surface area contributed by atoms with Gasteiger partial charge in [0.1, 0.15) is 17.6 Å². The molecule has 1 atom stereocenters. The van der Waals surface area contributed by atoms with E-state index in [2.05, 4.69) is 10.3 Å². The average Bonchev–Trinajstić information content (AvgIpc) is 2.37. The molecule has 1 aromatic heterocycles. The van der Waals surface area contributed by atoms with Gasteiger partial charge in [0.2, 0.25) is 0 Å². The Morgan fingerprint density at radius 1 is 1.32 bits per heavy atom. The van der Waals surface area contributed by atoms with E-state index < -0.39 is 23.7 Å². The maximum atomic E-state index is 13.1. The minimum absolute atomic E-state index is 0.0474. The highest BCUT2D eigenvalue weighted by atomic mass is 19.1. The van der Waals surface area contributed by atoms with Crippen molar-refractivity contribution >= 4 is 22.8 Å².